The molecule has 0 spiro atoms. The molecule has 1 rings (SSSR count). The summed E-state index contributed by atoms with van der Waals surface area (Å²) in [6.07, 6.45) is 0.982. The number of nitrogens with one attached hydrogen (secondary N) is 1. The molecule has 1 aromatic rings. The summed E-state index contributed by atoms with van der Waals surface area (Å²) in [6, 6.07) is 4.56. The van der Waals surface area contributed by atoms with E-state index in [0.717, 1.165) is 13.0 Å². The Hall–Kier alpha value is -1.78. The third kappa shape index (κ3) is 4.72. The van der Waals surface area contributed by atoms with Crippen molar-refractivity contribution in [2.75, 3.05) is 17.6 Å². The summed E-state index contributed by atoms with van der Waals surface area (Å²) < 4.78 is 0. The molecule has 17 heavy (non-hydrogen) atoms. The average Bonchev–Trinajstić information content (AvgIpc) is 2.14. The number of nitro groups is 1. The lowest BCUT2D eigenvalue weighted by atomic mass is 9.92. The van der Waals surface area contributed by atoms with E-state index in [9.17, 15) is 10.1 Å². The van der Waals surface area contributed by atoms with Crippen LogP contribution in [0.3, 0.4) is 0 Å². The monoisotopic (exact) mass is 237 g/mol. The van der Waals surface area contributed by atoms with Crippen molar-refractivity contribution in [3.8, 4) is 0 Å². The second-order valence-corrected chi connectivity index (χ2v) is 5.31. The van der Waals surface area contributed by atoms with Gasteiger partial charge in [0.15, 0.2) is 0 Å². The molecular formula is C12H19N3O2. The van der Waals surface area contributed by atoms with E-state index in [1.807, 2.05) is 0 Å². The number of nitrogen functional groups attached to an aromatic ring is 1. The van der Waals surface area contributed by atoms with Crippen LogP contribution in [0.1, 0.15) is 27.2 Å². The Kier molecular flexibility index (Phi) is 3.93. The molecule has 0 bridgehead atoms. The molecule has 5 nitrogen and oxygen atoms in total. The standard InChI is InChI=1S/C12H19N3O2/c1-12(2,3)4-5-14-10-6-9(13)7-11(8-10)15(16)17/h6-8,14H,4-5,13H2,1-3H3. The van der Waals surface area contributed by atoms with Crippen LogP contribution in [0.25, 0.3) is 0 Å². The first-order valence-corrected chi connectivity index (χ1v) is 5.57. The molecule has 0 aromatic heterocycles. The van der Waals surface area contributed by atoms with Crippen LogP contribution in [-0.2, 0) is 0 Å². The maximum atomic E-state index is 10.7. The van der Waals surface area contributed by atoms with Crippen molar-refractivity contribution in [1.82, 2.24) is 0 Å². The molecule has 0 saturated carbocycles. The van der Waals surface area contributed by atoms with Gasteiger partial charge in [0.25, 0.3) is 5.69 Å². The number of anilines is 2. The molecule has 0 saturated heterocycles. The van der Waals surface area contributed by atoms with Crippen LogP contribution in [-0.4, -0.2) is 11.5 Å². The molecule has 0 heterocycles. The molecule has 1 aromatic carbocycles. The number of nitro benzene ring substituents is 1. The molecule has 5 heteroatoms. The fourth-order valence-corrected chi connectivity index (χ4v) is 1.42. The summed E-state index contributed by atoms with van der Waals surface area (Å²) in [5, 5.41) is 13.8. The SMILES string of the molecule is CC(C)(C)CCNc1cc(N)cc([N+](=O)[O-])c1. The minimum absolute atomic E-state index is 0.0169. The molecular weight excluding hydrogens is 218 g/mol. The predicted molar refractivity (Wildman–Crippen MR) is 70.1 cm³/mol. The van der Waals surface area contributed by atoms with Gasteiger partial charge in [-0.15, -0.1) is 0 Å². The number of benzene rings is 1. The largest absolute Gasteiger partial charge is 0.398 e. The molecule has 0 radical (unpaired) electrons. The normalized spacial score (nSPS) is 11.2. The highest BCUT2D eigenvalue weighted by Crippen LogP contribution is 2.23. The number of non-ortho nitro benzene ring substituents is 1. The first-order chi connectivity index (χ1) is 7.78. The van der Waals surface area contributed by atoms with Crippen molar-refractivity contribution in [2.45, 2.75) is 27.2 Å². The number of rotatable bonds is 4. The highest BCUT2D eigenvalue weighted by Gasteiger charge is 2.11. The van der Waals surface area contributed by atoms with Gasteiger partial charge in [0.2, 0.25) is 0 Å². The predicted octanol–water partition coefficient (Wildman–Crippen LogP) is 3.03. The van der Waals surface area contributed by atoms with Gasteiger partial charge in [-0.05, 0) is 17.9 Å². The minimum atomic E-state index is -0.439. The van der Waals surface area contributed by atoms with Gasteiger partial charge in [-0.1, -0.05) is 20.8 Å². The van der Waals surface area contributed by atoms with Gasteiger partial charge in [-0.2, -0.15) is 0 Å². The summed E-state index contributed by atoms with van der Waals surface area (Å²) in [5.74, 6) is 0. The highest BCUT2D eigenvalue weighted by molar-refractivity contribution is 5.61. The van der Waals surface area contributed by atoms with Gasteiger partial charge in [-0.25, -0.2) is 0 Å². The lowest BCUT2D eigenvalue weighted by Gasteiger charge is -2.18. The van der Waals surface area contributed by atoms with E-state index in [0.29, 0.717) is 11.4 Å². The van der Waals surface area contributed by atoms with Crippen molar-refractivity contribution in [3.63, 3.8) is 0 Å². The molecule has 0 unspecified atom stereocenters. The first kappa shape index (κ1) is 13.3. The summed E-state index contributed by atoms with van der Waals surface area (Å²) in [5.41, 5.74) is 6.96. The average molecular weight is 237 g/mol. The fraction of sp³-hybridized carbons (Fsp3) is 0.500. The lowest BCUT2D eigenvalue weighted by molar-refractivity contribution is -0.384. The topological polar surface area (TPSA) is 81.2 Å². The van der Waals surface area contributed by atoms with Crippen LogP contribution in [0.2, 0.25) is 0 Å². The van der Waals surface area contributed by atoms with E-state index in [1.165, 1.54) is 12.1 Å². The van der Waals surface area contributed by atoms with Gasteiger partial charge in [-0.3, -0.25) is 10.1 Å². The van der Waals surface area contributed by atoms with E-state index in [1.54, 1.807) is 6.07 Å². The van der Waals surface area contributed by atoms with Gasteiger partial charge in [0, 0.05) is 30.1 Å². The van der Waals surface area contributed by atoms with Gasteiger partial charge < -0.3 is 11.1 Å². The van der Waals surface area contributed by atoms with Crippen molar-refractivity contribution < 1.29 is 4.92 Å². The van der Waals surface area contributed by atoms with Gasteiger partial charge >= 0.3 is 0 Å². The second kappa shape index (κ2) is 5.03. The Morgan fingerprint density at radius 3 is 2.53 bits per heavy atom. The summed E-state index contributed by atoms with van der Waals surface area (Å²) in [4.78, 5) is 10.2. The maximum Gasteiger partial charge on any atom is 0.273 e. The Morgan fingerprint density at radius 1 is 1.35 bits per heavy atom. The van der Waals surface area contributed by atoms with Crippen LogP contribution in [0, 0.1) is 15.5 Å². The molecule has 3 N–H and O–H groups in total. The number of hydrogen-bond acceptors (Lipinski definition) is 4. The van der Waals surface area contributed by atoms with Crippen LogP contribution in [0.15, 0.2) is 18.2 Å². The Balaban J connectivity index is 2.68. The van der Waals surface area contributed by atoms with E-state index < -0.39 is 4.92 Å². The third-order valence-electron chi connectivity index (χ3n) is 2.36. The zero-order valence-corrected chi connectivity index (χ0v) is 10.5. The molecule has 0 fully saturated rings. The third-order valence-corrected chi connectivity index (χ3v) is 2.36. The van der Waals surface area contributed by atoms with Crippen LogP contribution in [0.5, 0.6) is 0 Å². The highest BCUT2D eigenvalue weighted by atomic mass is 16.6. The zero-order valence-electron chi connectivity index (χ0n) is 10.5. The quantitative estimate of drug-likeness (QED) is 0.479. The molecule has 0 atom stereocenters. The van der Waals surface area contributed by atoms with Crippen molar-refractivity contribution >= 4 is 17.1 Å². The summed E-state index contributed by atoms with van der Waals surface area (Å²) in [6.45, 7) is 7.22. The Labute approximate surface area is 101 Å². The van der Waals surface area contributed by atoms with Gasteiger partial charge in [0.1, 0.15) is 0 Å². The maximum absolute atomic E-state index is 10.7. The van der Waals surface area contributed by atoms with Crippen LogP contribution in [0.4, 0.5) is 17.1 Å². The summed E-state index contributed by atoms with van der Waals surface area (Å²) in [7, 11) is 0. The Bertz CT molecular complexity index is 411. The molecule has 0 aliphatic heterocycles. The van der Waals surface area contributed by atoms with E-state index >= 15 is 0 Å². The zero-order chi connectivity index (χ0) is 13.1. The molecule has 0 amide bonds. The number of nitrogens with zero attached hydrogens (tertiary/aromatic N) is 1. The number of nitrogens with two attached hydrogens (primary N) is 1. The minimum Gasteiger partial charge on any atom is -0.398 e. The molecule has 0 aliphatic rings. The molecule has 94 valence electrons. The lowest BCUT2D eigenvalue weighted by Crippen LogP contribution is -2.13. The van der Waals surface area contributed by atoms with E-state index in [2.05, 4.69) is 26.1 Å². The molecule has 0 aliphatic carbocycles. The second-order valence-electron chi connectivity index (χ2n) is 5.31. The smallest absolute Gasteiger partial charge is 0.273 e. The summed E-state index contributed by atoms with van der Waals surface area (Å²) >= 11 is 0. The van der Waals surface area contributed by atoms with Crippen molar-refractivity contribution in [1.29, 1.82) is 0 Å². The Morgan fingerprint density at radius 2 is 2.00 bits per heavy atom. The van der Waals surface area contributed by atoms with Crippen molar-refractivity contribution in [3.05, 3.63) is 28.3 Å². The van der Waals surface area contributed by atoms with Gasteiger partial charge in [0.05, 0.1) is 4.92 Å². The van der Waals surface area contributed by atoms with Crippen molar-refractivity contribution in [2.24, 2.45) is 5.41 Å². The fourth-order valence-electron chi connectivity index (χ4n) is 1.42. The number of hydrogen-bond donors (Lipinski definition) is 2. The van der Waals surface area contributed by atoms with E-state index in [-0.39, 0.29) is 11.1 Å². The van der Waals surface area contributed by atoms with Crippen LogP contribution >= 0.6 is 0 Å². The van der Waals surface area contributed by atoms with E-state index in [4.69, 9.17) is 5.73 Å². The van der Waals surface area contributed by atoms with Crippen LogP contribution < -0.4 is 11.1 Å². The first-order valence-electron chi connectivity index (χ1n) is 5.57.